The Balaban J connectivity index is 1.70. The second kappa shape index (κ2) is 7.32. The van der Waals surface area contributed by atoms with E-state index in [0.29, 0.717) is 5.11 Å². The third kappa shape index (κ3) is 3.66. The third-order valence-corrected chi connectivity index (χ3v) is 4.22. The number of anilines is 1. The lowest BCUT2D eigenvalue weighted by Crippen LogP contribution is -2.30. The molecule has 0 aliphatic rings. The topological polar surface area (TPSA) is 33.3 Å². The highest BCUT2D eigenvalue weighted by Gasteiger charge is 2.08. The van der Waals surface area contributed by atoms with E-state index in [1.807, 2.05) is 48.5 Å². The maximum absolute atomic E-state index is 5.48. The molecule has 122 valence electrons. The monoisotopic (exact) mass is 336 g/mol. The van der Waals surface area contributed by atoms with E-state index >= 15 is 0 Å². The smallest absolute Gasteiger partial charge is 0.171 e. The van der Waals surface area contributed by atoms with Gasteiger partial charge in [0.05, 0.1) is 13.2 Å². The maximum atomic E-state index is 5.48. The minimum absolute atomic E-state index is 0.103. The Labute approximate surface area is 147 Å². The average molecular weight is 336 g/mol. The number of fused-ring (bicyclic) bond motifs is 1. The van der Waals surface area contributed by atoms with E-state index in [2.05, 4.69) is 35.8 Å². The molecule has 0 spiro atoms. The first-order valence-corrected chi connectivity index (χ1v) is 8.27. The van der Waals surface area contributed by atoms with E-state index in [-0.39, 0.29) is 6.04 Å². The van der Waals surface area contributed by atoms with Crippen molar-refractivity contribution in [3.63, 3.8) is 0 Å². The van der Waals surface area contributed by atoms with Crippen LogP contribution in [0.1, 0.15) is 18.5 Å². The molecule has 0 bridgehead atoms. The van der Waals surface area contributed by atoms with E-state index in [4.69, 9.17) is 17.0 Å². The first kappa shape index (κ1) is 16.3. The molecule has 0 amide bonds. The average Bonchev–Trinajstić information content (AvgIpc) is 2.62. The van der Waals surface area contributed by atoms with Crippen LogP contribution in [0.3, 0.4) is 0 Å². The summed E-state index contributed by atoms with van der Waals surface area (Å²) in [6.07, 6.45) is 0. The molecule has 1 atom stereocenters. The van der Waals surface area contributed by atoms with Gasteiger partial charge in [-0.25, -0.2) is 0 Å². The van der Waals surface area contributed by atoms with E-state index in [0.717, 1.165) is 22.4 Å². The van der Waals surface area contributed by atoms with Gasteiger partial charge in [0, 0.05) is 11.1 Å². The predicted molar refractivity (Wildman–Crippen MR) is 105 cm³/mol. The normalized spacial score (nSPS) is 11.8. The lowest BCUT2D eigenvalue weighted by molar-refractivity contribution is 0.414. The van der Waals surface area contributed by atoms with Gasteiger partial charge in [-0.05, 0) is 48.3 Å². The molecule has 0 aromatic heterocycles. The van der Waals surface area contributed by atoms with Crippen molar-refractivity contribution in [2.24, 2.45) is 0 Å². The van der Waals surface area contributed by atoms with Gasteiger partial charge in [0.2, 0.25) is 0 Å². The molecule has 0 radical (unpaired) electrons. The van der Waals surface area contributed by atoms with Gasteiger partial charge < -0.3 is 15.4 Å². The first-order valence-electron chi connectivity index (χ1n) is 7.86. The zero-order valence-corrected chi connectivity index (χ0v) is 14.6. The van der Waals surface area contributed by atoms with Gasteiger partial charge in [0.15, 0.2) is 5.11 Å². The number of thiocarbonyl (C=S) groups is 1. The molecule has 0 saturated heterocycles. The van der Waals surface area contributed by atoms with Crippen LogP contribution >= 0.6 is 12.2 Å². The van der Waals surface area contributed by atoms with Crippen LogP contribution in [0.15, 0.2) is 66.7 Å². The van der Waals surface area contributed by atoms with Crippen LogP contribution in [0.25, 0.3) is 10.8 Å². The first-order chi connectivity index (χ1) is 11.7. The minimum Gasteiger partial charge on any atom is -0.497 e. The van der Waals surface area contributed by atoms with Gasteiger partial charge in [0.25, 0.3) is 0 Å². The summed E-state index contributed by atoms with van der Waals surface area (Å²) in [6, 6.07) is 22.5. The number of methoxy groups -OCH3 is 1. The quantitative estimate of drug-likeness (QED) is 0.664. The molecule has 3 aromatic rings. The second-order valence-electron chi connectivity index (χ2n) is 5.62. The molecule has 4 heteroatoms. The van der Waals surface area contributed by atoms with Crippen LogP contribution in [0.2, 0.25) is 0 Å². The summed E-state index contributed by atoms with van der Waals surface area (Å²) in [5, 5.41) is 9.58. The molecule has 0 saturated carbocycles. The number of rotatable bonds is 4. The number of benzene rings is 3. The predicted octanol–water partition coefficient (Wildman–Crippen LogP) is 4.90. The summed E-state index contributed by atoms with van der Waals surface area (Å²) in [5.74, 6) is 0.849. The Morgan fingerprint density at radius 3 is 2.42 bits per heavy atom. The molecule has 0 aliphatic carbocycles. The summed E-state index contributed by atoms with van der Waals surface area (Å²) in [4.78, 5) is 0. The summed E-state index contributed by atoms with van der Waals surface area (Å²) in [5.41, 5.74) is 2.16. The summed E-state index contributed by atoms with van der Waals surface area (Å²) in [6.45, 7) is 2.08. The van der Waals surface area contributed by atoms with Crippen LogP contribution in [0.5, 0.6) is 5.75 Å². The van der Waals surface area contributed by atoms with Crippen molar-refractivity contribution in [1.29, 1.82) is 0 Å². The standard InChI is InChI=1S/C20H20N2OS/c1-14(15-10-12-17(23-2)13-11-15)21-20(24)22-19-9-5-7-16-6-3-4-8-18(16)19/h3-14H,1-2H3,(H2,21,22,24)/t14-/m1/s1. The highest BCUT2D eigenvalue weighted by molar-refractivity contribution is 7.80. The molecular weight excluding hydrogens is 316 g/mol. The van der Waals surface area contributed by atoms with Crippen molar-refractivity contribution in [2.45, 2.75) is 13.0 Å². The molecule has 3 nitrogen and oxygen atoms in total. The van der Waals surface area contributed by atoms with Crippen LogP contribution in [-0.2, 0) is 0 Å². The number of nitrogens with one attached hydrogen (secondary N) is 2. The Morgan fingerprint density at radius 2 is 1.67 bits per heavy atom. The second-order valence-corrected chi connectivity index (χ2v) is 6.03. The molecular formula is C20H20N2OS. The lowest BCUT2D eigenvalue weighted by atomic mass is 10.1. The SMILES string of the molecule is COc1ccc([C@@H](C)NC(=S)Nc2cccc3ccccc23)cc1. The van der Waals surface area contributed by atoms with Crippen LogP contribution in [-0.4, -0.2) is 12.2 Å². The molecule has 3 aromatic carbocycles. The van der Waals surface area contributed by atoms with E-state index in [9.17, 15) is 0 Å². The van der Waals surface area contributed by atoms with Gasteiger partial charge in [-0.1, -0.05) is 48.5 Å². The van der Waals surface area contributed by atoms with Crippen LogP contribution in [0, 0.1) is 0 Å². The highest BCUT2D eigenvalue weighted by atomic mass is 32.1. The Morgan fingerprint density at radius 1 is 0.958 bits per heavy atom. The summed E-state index contributed by atoms with van der Waals surface area (Å²) >= 11 is 5.48. The van der Waals surface area contributed by atoms with Crippen LogP contribution < -0.4 is 15.4 Å². The van der Waals surface area contributed by atoms with Gasteiger partial charge in [-0.2, -0.15) is 0 Å². The molecule has 3 rings (SSSR count). The van der Waals surface area contributed by atoms with Crippen LogP contribution in [0.4, 0.5) is 5.69 Å². The van der Waals surface area contributed by atoms with Crippen molar-refractivity contribution in [1.82, 2.24) is 5.32 Å². The fraction of sp³-hybridized carbons (Fsp3) is 0.150. The fourth-order valence-electron chi connectivity index (χ4n) is 2.67. The van der Waals surface area contributed by atoms with Gasteiger partial charge in [-0.3, -0.25) is 0 Å². The van der Waals surface area contributed by atoms with Gasteiger partial charge in [0.1, 0.15) is 5.75 Å². The summed E-state index contributed by atoms with van der Waals surface area (Å²) in [7, 11) is 1.67. The molecule has 0 aliphatic heterocycles. The van der Waals surface area contributed by atoms with Gasteiger partial charge >= 0.3 is 0 Å². The van der Waals surface area contributed by atoms with E-state index in [1.54, 1.807) is 7.11 Å². The third-order valence-electron chi connectivity index (χ3n) is 4.00. The fourth-order valence-corrected chi connectivity index (χ4v) is 2.95. The van der Waals surface area contributed by atoms with E-state index < -0.39 is 0 Å². The number of ether oxygens (including phenoxy) is 1. The lowest BCUT2D eigenvalue weighted by Gasteiger charge is -2.18. The van der Waals surface area contributed by atoms with Crippen molar-refractivity contribution in [2.75, 3.05) is 12.4 Å². The van der Waals surface area contributed by atoms with Gasteiger partial charge in [-0.15, -0.1) is 0 Å². The molecule has 0 unspecified atom stereocenters. The number of hydrogen-bond acceptors (Lipinski definition) is 2. The minimum atomic E-state index is 0.103. The zero-order chi connectivity index (χ0) is 16.9. The Bertz CT molecular complexity index is 840. The molecule has 24 heavy (non-hydrogen) atoms. The Hall–Kier alpha value is -2.59. The van der Waals surface area contributed by atoms with Crippen molar-refractivity contribution in [3.05, 3.63) is 72.3 Å². The molecule has 0 heterocycles. The Kier molecular flexibility index (Phi) is 4.96. The van der Waals surface area contributed by atoms with Crippen molar-refractivity contribution >= 4 is 33.8 Å². The molecule has 2 N–H and O–H groups in total. The zero-order valence-electron chi connectivity index (χ0n) is 13.7. The van der Waals surface area contributed by atoms with Crippen molar-refractivity contribution in [3.8, 4) is 5.75 Å². The van der Waals surface area contributed by atoms with E-state index in [1.165, 1.54) is 5.39 Å². The van der Waals surface area contributed by atoms with Crippen molar-refractivity contribution < 1.29 is 4.74 Å². The maximum Gasteiger partial charge on any atom is 0.171 e. The summed E-state index contributed by atoms with van der Waals surface area (Å²) < 4.78 is 5.19. The highest BCUT2D eigenvalue weighted by Crippen LogP contribution is 2.23. The number of hydrogen-bond donors (Lipinski definition) is 2. The largest absolute Gasteiger partial charge is 0.497 e. The molecule has 0 fully saturated rings.